The zero-order valence-corrected chi connectivity index (χ0v) is 23.6. The first kappa shape index (κ1) is 26.9. The highest BCUT2D eigenvalue weighted by Crippen LogP contribution is 2.41. The summed E-state index contributed by atoms with van der Waals surface area (Å²) >= 11 is 1.46. The standard InChI is InChI=1S/C32H40N2O3S/c1-4-8-23-10-5-6-11-27(23)26-19-34-18-25-13-15-28(25)30(35)12-7-9-21(2)22(3)38-33-32(36)24-14-16-31(37-20-26)29(34)17-24/h5-7,10-12,14,16-17,21-22,25-26,28H,4,8-9,13,15,18-20H2,1-3H3,(H,33,36)/b12-7+. The predicted octanol–water partition coefficient (Wildman–Crippen LogP) is 6.58. The van der Waals surface area contributed by atoms with Crippen LogP contribution in [0.4, 0.5) is 5.69 Å². The molecule has 2 aliphatic heterocycles. The number of aryl methyl sites for hydroxylation is 1. The first-order chi connectivity index (χ1) is 18.4. The van der Waals surface area contributed by atoms with Gasteiger partial charge in [0.05, 0.1) is 12.3 Å². The predicted molar refractivity (Wildman–Crippen MR) is 156 cm³/mol. The number of anilines is 1. The van der Waals surface area contributed by atoms with Crippen molar-refractivity contribution in [3.63, 3.8) is 0 Å². The van der Waals surface area contributed by atoms with Gasteiger partial charge < -0.3 is 9.64 Å². The minimum Gasteiger partial charge on any atom is -0.491 e. The van der Waals surface area contributed by atoms with Crippen molar-refractivity contribution in [2.24, 2.45) is 17.8 Å². The molecule has 0 radical (unpaired) electrons. The molecule has 1 saturated carbocycles. The highest BCUT2D eigenvalue weighted by molar-refractivity contribution is 7.98. The van der Waals surface area contributed by atoms with Crippen molar-refractivity contribution < 1.29 is 14.3 Å². The Hall–Kier alpha value is -2.73. The number of allylic oxidation sites excluding steroid dienone is 2. The monoisotopic (exact) mass is 532 g/mol. The smallest absolute Gasteiger partial charge is 0.261 e. The van der Waals surface area contributed by atoms with Crippen molar-refractivity contribution >= 4 is 29.3 Å². The highest BCUT2D eigenvalue weighted by Gasteiger charge is 2.38. The van der Waals surface area contributed by atoms with Gasteiger partial charge in [-0.1, -0.05) is 57.5 Å². The third kappa shape index (κ3) is 5.80. The number of hydrogen-bond donors (Lipinski definition) is 1. The molecule has 202 valence electrons. The summed E-state index contributed by atoms with van der Waals surface area (Å²) in [6.45, 7) is 8.70. The fourth-order valence-electron chi connectivity index (χ4n) is 5.91. The van der Waals surface area contributed by atoms with Crippen LogP contribution >= 0.6 is 11.9 Å². The van der Waals surface area contributed by atoms with Gasteiger partial charge in [0, 0.05) is 35.7 Å². The molecule has 5 unspecified atom stereocenters. The molecule has 2 aromatic carbocycles. The van der Waals surface area contributed by atoms with Gasteiger partial charge in [-0.3, -0.25) is 14.3 Å². The lowest BCUT2D eigenvalue weighted by molar-refractivity contribution is -0.122. The van der Waals surface area contributed by atoms with Crippen LogP contribution in [-0.2, 0) is 11.2 Å². The molecule has 2 bridgehead atoms. The van der Waals surface area contributed by atoms with E-state index in [0.29, 0.717) is 24.0 Å². The number of hydrogen-bond acceptors (Lipinski definition) is 5. The van der Waals surface area contributed by atoms with Gasteiger partial charge in [-0.05, 0) is 84.9 Å². The van der Waals surface area contributed by atoms with Gasteiger partial charge in [0.1, 0.15) is 5.75 Å². The van der Waals surface area contributed by atoms with Gasteiger partial charge >= 0.3 is 0 Å². The molecule has 5 atom stereocenters. The summed E-state index contributed by atoms with van der Waals surface area (Å²) in [5.74, 6) is 1.94. The number of rotatable bonds is 3. The van der Waals surface area contributed by atoms with E-state index in [0.717, 1.165) is 56.6 Å². The van der Waals surface area contributed by atoms with E-state index >= 15 is 0 Å². The van der Waals surface area contributed by atoms with Crippen LogP contribution in [-0.4, -0.2) is 36.6 Å². The maximum atomic E-state index is 13.2. The van der Waals surface area contributed by atoms with E-state index in [4.69, 9.17) is 4.74 Å². The average molecular weight is 533 g/mol. The van der Waals surface area contributed by atoms with Crippen LogP contribution in [0, 0.1) is 17.8 Å². The van der Waals surface area contributed by atoms with Gasteiger partial charge in [-0.2, -0.15) is 0 Å². The summed E-state index contributed by atoms with van der Waals surface area (Å²) in [7, 11) is 0. The summed E-state index contributed by atoms with van der Waals surface area (Å²) in [6, 6.07) is 14.5. The lowest BCUT2D eigenvalue weighted by Gasteiger charge is -2.40. The molecule has 1 aliphatic carbocycles. The lowest BCUT2D eigenvalue weighted by atomic mass is 9.70. The lowest BCUT2D eigenvalue weighted by Crippen LogP contribution is -2.42. The molecular weight excluding hydrogens is 492 g/mol. The summed E-state index contributed by atoms with van der Waals surface area (Å²) in [5, 5.41) is 0.229. The van der Waals surface area contributed by atoms with Gasteiger partial charge in [0.15, 0.2) is 5.78 Å². The Morgan fingerprint density at radius 2 is 1.92 bits per heavy atom. The molecule has 38 heavy (non-hydrogen) atoms. The topological polar surface area (TPSA) is 58.6 Å². The SMILES string of the molecule is CCCc1ccccc1C1COc2ccc3cc2N(C1)CC1CCC1C(=O)/C=C/CC(C)C(C)SNC3=O. The van der Waals surface area contributed by atoms with Crippen molar-refractivity contribution in [1.29, 1.82) is 0 Å². The van der Waals surface area contributed by atoms with E-state index in [2.05, 4.69) is 54.7 Å². The molecule has 5 nitrogen and oxygen atoms in total. The van der Waals surface area contributed by atoms with Crippen LogP contribution in [0.3, 0.4) is 0 Å². The van der Waals surface area contributed by atoms with Crippen LogP contribution < -0.4 is 14.4 Å². The van der Waals surface area contributed by atoms with E-state index in [9.17, 15) is 9.59 Å². The number of ether oxygens (including phenoxy) is 1. The van der Waals surface area contributed by atoms with E-state index < -0.39 is 0 Å². The number of carbonyl (C=O) groups is 2. The van der Waals surface area contributed by atoms with Crippen LogP contribution in [0.25, 0.3) is 0 Å². The van der Waals surface area contributed by atoms with E-state index in [1.54, 1.807) is 0 Å². The fraction of sp³-hybridized carbons (Fsp3) is 0.500. The third-order valence-corrected chi connectivity index (χ3v) is 9.76. The first-order valence-electron chi connectivity index (χ1n) is 14.2. The number of nitrogens with one attached hydrogen (secondary N) is 1. The van der Waals surface area contributed by atoms with Crippen molar-refractivity contribution in [1.82, 2.24) is 4.72 Å². The number of ketones is 1. The fourth-order valence-corrected chi connectivity index (χ4v) is 6.66. The first-order valence-corrected chi connectivity index (χ1v) is 15.1. The number of nitrogens with zero attached hydrogens (tertiary/aromatic N) is 1. The molecule has 6 heteroatoms. The Balaban J connectivity index is 1.50. The van der Waals surface area contributed by atoms with E-state index in [1.165, 1.54) is 23.1 Å². The van der Waals surface area contributed by atoms with Crippen molar-refractivity contribution in [3.05, 3.63) is 71.3 Å². The molecule has 1 N–H and O–H groups in total. The van der Waals surface area contributed by atoms with Crippen molar-refractivity contribution in [2.75, 3.05) is 24.6 Å². The Morgan fingerprint density at radius 3 is 2.71 bits per heavy atom. The Labute approximate surface area is 231 Å². The molecule has 0 spiro atoms. The minimum atomic E-state index is -0.0785. The summed E-state index contributed by atoms with van der Waals surface area (Å²) in [6.07, 6.45) is 8.83. The van der Waals surface area contributed by atoms with Crippen molar-refractivity contribution in [3.8, 4) is 5.75 Å². The van der Waals surface area contributed by atoms with E-state index in [1.807, 2.05) is 30.4 Å². The number of benzene rings is 2. The summed E-state index contributed by atoms with van der Waals surface area (Å²) in [5.41, 5.74) is 4.32. The maximum Gasteiger partial charge on any atom is 0.261 e. The molecule has 1 fully saturated rings. The van der Waals surface area contributed by atoms with E-state index in [-0.39, 0.29) is 28.8 Å². The molecule has 5 rings (SSSR count). The molecule has 0 saturated heterocycles. The second-order valence-corrected chi connectivity index (χ2v) is 12.4. The molecule has 1 amide bonds. The summed E-state index contributed by atoms with van der Waals surface area (Å²) in [4.78, 5) is 28.7. The zero-order chi connectivity index (χ0) is 26.6. The average Bonchev–Trinajstić information content (AvgIpc) is 3.08. The largest absolute Gasteiger partial charge is 0.491 e. The number of amides is 1. The number of fused-ring (bicyclic) bond motifs is 2. The highest BCUT2D eigenvalue weighted by atomic mass is 32.2. The minimum absolute atomic E-state index is 0.0752. The Bertz CT molecular complexity index is 1190. The van der Waals surface area contributed by atoms with Gasteiger partial charge in [-0.25, -0.2) is 0 Å². The second kappa shape index (κ2) is 12.0. The van der Waals surface area contributed by atoms with Crippen molar-refractivity contribution in [2.45, 2.75) is 64.0 Å². The zero-order valence-electron chi connectivity index (χ0n) is 22.8. The van der Waals surface area contributed by atoms with Crippen LogP contribution in [0.15, 0.2) is 54.6 Å². The van der Waals surface area contributed by atoms with Crippen LogP contribution in [0.1, 0.15) is 73.9 Å². The Morgan fingerprint density at radius 1 is 1.08 bits per heavy atom. The molecule has 2 aromatic rings. The Kier molecular flexibility index (Phi) is 8.47. The van der Waals surface area contributed by atoms with Gasteiger partial charge in [0.25, 0.3) is 5.91 Å². The molecular formula is C32H40N2O3S. The number of carbonyl (C=O) groups excluding carboxylic acids is 2. The van der Waals surface area contributed by atoms with Gasteiger partial charge in [0.2, 0.25) is 0 Å². The maximum absolute atomic E-state index is 13.2. The van der Waals surface area contributed by atoms with Crippen LogP contribution in [0.5, 0.6) is 5.75 Å². The second-order valence-electron chi connectivity index (χ2n) is 11.3. The normalized spacial score (nSPS) is 28.8. The molecule has 2 heterocycles. The molecule has 0 aromatic heterocycles. The third-order valence-electron chi connectivity index (χ3n) is 8.62. The van der Waals surface area contributed by atoms with Gasteiger partial charge in [-0.15, -0.1) is 0 Å². The quantitative estimate of drug-likeness (QED) is 0.453. The van der Waals surface area contributed by atoms with Crippen LogP contribution in [0.2, 0.25) is 0 Å². The summed E-state index contributed by atoms with van der Waals surface area (Å²) < 4.78 is 9.48. The molecule has 3 aliphatic rings.